The normalized spacial score (nSPS) is 10.4. The van der Waals surface area contributed by atoms with E-state index >= 15 is 0 Å². The maximum Gasteiger partial charge on any atom is 0.315 e. The van der Waals surface area contributed by atoms with E-state index in [9.17, 15) is 4.79 Å². The first-order valence-corrected chi connectivity index (χ1v) is 7.00. The van der Waals surface area contributed by atoms with E-state index in [4.69, 9.17) is 39.5 Å². The Kier molecular flexibility index (Phi) is 4.92. The summed E-state index contributed by atoms with van der Waals surface area (Å²) < 4.78 is 5.30. The Morgan fingerprint density at radius 1 is 1.05 bits per heavy atom. The topological polar surface area (TPSA) is 26.3 Å². The largest absolute Gasteiger partial charge is 0.426 e. The van der Waals surface area contributed by atoms with Crippen LogP contribution in [0.2, 0.25) is 15.1 Å². The van der Waals surface area contributed by atoms with Gasteiger partial charge in [0.1, 0.15) is 5.75 Å². The first-order chi connectivity index (χ1) is 9.45. The summed E-state index contributed by atoms with van der Waals surface area (Å²) in [6.07, 6.45) is 0.0814. The fourth-order valence-corrected chi connectivity index (χ4v) is 2.41. The molecule has 0 spiro atoms. The Morgan fingerprint density at radius 3 is 2.35 bits per heavy atom. The van der Waals surface area contributed by atoms with Crippen molar-refractivity contribution in [2.24, 2.45) is 0 Å². The van der Waals surface area contributed by atoms with Gasteiger partial charge in [0.15, 0.2) is 0 Å². The first kappa shape index (κ1) is 15.2. The maximum absolute atomic E-state index is 11.9. The van der Waals surface area contributed by atoms with Crippen LogP contribution < -0.4 is 4.74 Å². The monoisotopic (exact) mass is 328 g/mol. The molecule has 2 nitrogen and oxygen atoms in total. The summed E-state index contributed by atoms with van der Waals surface area (Å²) >= 11 is 17.7. The summed E-state index contributed by atoms with van der Waals surface area (Å²) in [6, 6.07) is 10.1. The highest BCUT2D eigenvalue weighted by Crippen LogP contribution is 2.24. The number of rotatable bonds is 3. The van der Waals surface area contributed by atoms with Crippen LogP contribution in [0.25, 0.3) is 0 Å². The van der Waals surface area contributed by atoms with Gasteiger partial charge in [-0.15, -0.1) is 0 Å². The quantitative estimate of drug-likeness (QED) is 0.578. The van der Waals surface area contributed by atoms with Crippen LogP contribution >= 0.6 is 34.8 Å². The van der Waals surface area contributed by atoms with Crippen molar-refractivity contribution in [2.45, 2.75) is 13.3 Å². The summed E-state index contributed by atoms with van der Waals surface area (Å²) in [4.78, 5) is 11.9. The molecule has 0 saturated heterocycles. The van der Waals surface area contributed by atoms with Crippen molar-refractivity contribution in [3.8, 4) is 5.75 Å². The van der Waals surface area contributed by atoms with E-state index in [0.717, 1.165) is 5.56 Å². The minimum absolute atomic E-state index is 0.0814. The van der Waals surface area contributed by atoms with Crippen LogP contribution in [-0.2, 0) is 11.2 Å². The first-order valence-electron chi connectivity index (χ1n) is 5.86. The summed E-state index contributed by atoms with van der Waals surface area (Å²) in [5, 5.41) is 1.57. The third kappa shape index (κ3) is 3.89. The predicted molar refractivity (Wildman–Crippen MR) is 82.0 cm³/mol. The molecule has 0 aliphatic heterocycles. The van der Waals surface area contributed by atoms with Crippen molar-refractivity contribution in [3.63, 3.8) is 0 Å². The highest BCUT2D eigenvalue weighted by molar-refractivity contribution is 6.35. The van der Waals surface area contributed by atoms with Crippen LogP contribution in [0.5, 0.6) is 5.75 Å². The van der Waals surface area contributed by atoms with Crippen molar-refractivity contribution in [1.82, 2.24) is 0 Å². The van der Waals surface area contributed by atoms with Gasteiger partial charge in [0.2, 0.25) is 0 Å². The van der Waals surface area contributed by atoms with Gasteiger partial charge in [0.25, 0.3) is 0 Å². The van der Waals surface area contributed by atoms with Crippen molar-refractivity contribution in [2.75, 3.05) is 0 Å². The number of benzene rings is 2. The van der Waals surface area contributed by atoms with Gasteiger partial charge in [-0.2, -0.15) is 0 Å². The van der Waals surface area contributed by atoms with Gasteiger partial charge in [-0.05, 0) is 48.4 Å². The molecule has 2 aromatic carbocycles. The summed E-state index contributed by atoms with van der Waals surface area (Å²) in [5.74, 6) is 0.101. The second kappa shape index (κ2) is 6.49. The summed E-state index contributed by atoms with van der Waals surface area (Å²) in [6.45, 7) is 1.82. The molecule has 5 heteroatoms. The minimum atomic E-state index is -0.389. The molecule has 0 unspecified atom stereocenters. The number of carbonyl (C=O) groups excluding carboxylic acids is 1. The van der Waals surface area contributed by atoms with E-state index in [1.807, 2.05) is 6.92 Å². The van der Waals surface area contributed by atoms with Crippen molar-refractivity contribution < 1.29 is 9.53 Å². The van der Waals surface area contributed by atoms with Gasteiger partial charge in [0, 0.05) is 15.1 Å². The van der Waals surface area contributed by atoms with Gasteiger partial charge in [-0.1, -0.05) is 40.9 Å². The second-order valence-corrected chi connectivity index (χ2v) is 5.58. The number of carbonyl (C=O) groups is 1. The standard InChI is InChI=1S/C15H11Cl3O2/c1-9-6-11(16)4-5-14(9)20-15(19)7-10-2-3-12(17)8-13(10)18/h2-6,8H,7H2,1H3. The number of aryl methyl sites for hydroxylation is 1. The number of hydrogen-bond donors (Lipinski definition) is 0. The predicted octanol–water partition coefficient (Wildman–Crippen LogP) is 5.10. The molecule has 0 aliphatic carbocycles. The molecule has 0 radical (unpaired) electrons. The molecule has 0 fully saturated rings. The Bertz CT molecular complexity index is 598. The fraction of sp³-hybridized carbons (Fsp3) is 0.133. The van der Waals surface area contributed by atoms with Crippen LogP contribution in [0.4, 0.5) is 0 Å². The molecule has 0 aliphatic rings. The van der Waals surface area contributed by atoms with E-state index in [1.165, 1.54) is 0 Å². The lowest BCUT2D eigenvalue weighted by Crippen LogP contribution is -2.12. The molecular formula is C15H11Cl3O2. The zero-order chi connectivity index (χ0) is 14.7. The van der Waals surface area contributed by atoms with Crippen LogP contribution in [0.1, 0.15) is 11.1 Å². The van der Waals surface area contributed by atoms with E-state index in [1.54, 1.807) is 36.4 Å². The van der Waals surface area contributed by atoms with Crippen LogP contribution in [-0.4, -0.2) is 5.97 Å². The lowest BCUT2D eigenvalue weighted by Gasteiger charge is -2.08. The number of halogens is 3. The van der Waals surface area contributed by atoms with Gasteiger partial charge >= 0.3 is 5.97 Å². The number of ether oxygens (including phenoxy) is 1. The average molecular weight is 330 g/mol. The molecule has 0 amide bonds. The Labute approximate surface area is 132 Å². The van der Waals surface area contributed by atoms with Crippen LogP contribution in [0.15, 0.2) is 36.4 Å². The Balaban J connectivity index is 2.09. The van der Waals surface area contributed by atoms with E-state index < -0.39 is 0 Å². The van der Waals surface area contributed by atoms with Gasteiger partial charge in [0.05, 0.1) is 6.42 Å². The van der Waals surface area contributed by atoms with Crippen LogP contribution in [0.3, 0.4) is 0 Å². The van der Waals surface area contributed by atoms with Crippen molar-refractivity contribution in [1.29, 1.82) is 0 Å². The smallest absolute Gasteiger partial charge is 0.315 e. The molecule has 20 heavy (non-hydrogen) atoms. The molecule has 104 valence electrons. The molecule has 0 bridgehead atoms. The van der Waals surface area contributed by atoms with E-state index in [0.29, 0.717) is 26.4 Å². The van der Waals surface area contributed by atoms with Crippen LogP contribution in [0, 0.1) is 6.92 Å². The highest BCUT2D eigenvalue weighted by Gasteiger charge is 2.11. The summed E-state index contributed by atoms with van der Waals surface area (Å²) in [7, 11) is 0. The van der Waals surface area contributed by atoms with Gasteiger partial charge in [-0.25, -0.2) is 0 Å². The fourth-order valence-electron chi connectivity index (χ4n) is 1.71. The lowest BCUT2D eigenvalue weighted by atomic mass is 10.1. The van der Waals surface area contributed by atoms with E-state index in [-0.39, 0.29) is 12.4 Å². The van der Waals surface area contributed by atoms with Crippen molar-refractivity contribution in [3.05, 3.63) is 62.6 Å². The average Bonchev–Trinajstić information content (AvgIpc) is 2.36. The highest BCUT2D eigenvalue weighted by atomic mass is 35.5. The molecule has 2 rings (SSSR count). The summed E-state index contributed by atoms with van der Waals surface area (Å²) in [5.41, 5.74) is 1.47. The van der Waals surface area contributed by atoms with Gasteiger partial charge < -0.3 is 4.74 Å². The van der Waals surface area contributed by atoms with E-state index in [2.05, 4.69) is 0 Å². The molecule has 0 atom stereocenters. The Morgan fingerprint density at radius 2 is 1.70 bits per heavy atom. The molecule has 0 heterocycles. The maximum atomic E-state index is 11.9. The second-order valence-electron chi connectivity index (χ2n) is 4.30. The van der Waals surface area contributed by atoms with Crippen molar-refractivity contribution >= 4 is 40.8 Å². The zero-order valence-corrected chi connectivity index (χ0v) is 12.9. The Hall–Kier alpha value is -1.22. The molecule has 0 aromatic heterocycles. The van der Waals surface area contributed by atoms with Gasteiger partial charge in [-0.3, -0.25) is 4.79 Å². The minimum Gasteiger partial charge on any atom is -0.426 e. The SMILES string of the molecule is Cc1cc(Cl)ccc1OC(=O)Cc1ccc(Cl)cc1Cl. The number of hydrogen-bond acceptors (Lipinski definition) is 2. The molecule has 2 aromatic rings. The number of esters is 1. The zero-order valence-electron chi connectivity index (χ0n) is 10.6. The molecular weight excluding hydrogens is 319 g/mol. The third-order valence-electron chi connectivity index (χ3n) is 2.71. The lowest BCUT2D eigenvalue weighted by molar-refractivity contribution is -0.133. The molecule has 0 saturated carbocycles. The molecule has 0 N–H and O–H groups in total. The third-order valence-corrected chi connectivity index (χ3v) is 3.53.